The van der Waals surface area contributed by atoms with E-state index < -0.39 is 0 Å². The Morgan fingerprint density at radius 1 is 1.28 bits per heavy atom. The van der Waals surface area contributed by atoms with E-state index in [0.29, 0.717) is 6.61 Å². The number of carbonyl (C=O) groups is 1. The summed E-state index contributed by atoms with van der Waals surface area (Å²) < 4.78 is 4.92. The molecule has 0 fully saturated rings. The van der Waals surface area contributed by atoms with Crippen molar-refractivity contribution in [2.75, 3.05) is 6.61 Å². The lowest BCUT2D eigenvalue weighted by Gasteiger charge is -2.10. The standard InChI is InChI=1S/C15H21NO2/c1-3-8-14(11-15(17)18-4-2)16-12-13-9-6-5-7-10-13/h5-7,9-11,16H,3-4,8,12H2,1-2H3. The van der Waals surface area contributed by atoms with Crippen LogP contribution in [0.2, 0.25) is 0 Å². The van der Waals surface area contributed by atoms with Crippen LogP contribution in [0.4, 0.5) is 0 Å². The summed E-state index contributed by atoms with van der Waals surface area (Å²) in [5.74, 6) is -0.276. The number of benzene rings is 1. The highest BCUT2D eigenvalue weighted by molar-refractivity contribution is 5.82. The van der Waals surface area contributed by atoms with Crippen molar-refractivity contribution >= 4 is 5.97 Å². The molecule has 0 aliphatic rings. The van der Waals surface area contributed by atoms with Crippen molar-refractivity contribution in [3.8, 4) is 0 Å². The molecule has 98 valence electrons. The molecule has 0 aliphatic heterocycles. The summed E-state index contributed by atoms with van der Waals surface area (Å²) in [5.41, 5.74) is 2.13. The van der Waals surface area contributed by atoms with Crippen molar-refractivity contribution in [3.63, 3.8) is 0 Å². The predicted molar refractivity (Wildman–Crippen MR) is 72.9 cm³/mol. The third kappa shape index (κ3) is 5.53. The van der Waals surface area contributed by atoms with Crippen LogP contribution in [0.15, 0.2) is 42.1 Å². The minimum Gasteiger partial charge on any atom is -0.463 e. The van der Waals surface area contributed by atoms with Gasteiger partial charge in [-0.05, 0) is 18.9 Å². The zero-order valence-electron chi connectivity index (χ0n) is 11.1. The molecule has 0 aromatic heterocycles. The van der Waals surface area contributed by atoms with Gasteiger partial charge in [0.25, 0.3) is 0 Å². The predicted octanol–water partition coefficient (Wildman–Crippen LogP) is 3.02. The van der Waals surface area contributed by atoms with Crippen molar-refractivity contribution in [1.82, 2.24) is 5.32 Å². The van der Waals surface area contributed by atoms with Gasteiger partial charge in [-0.15, -0.1) is 0 Å². The quantitative estimate of drug-likeness (QED) is 0.594. The SMILES string of the molecule is CCCC(=CC(=O)OCC)NCc1ccccc1. The topological polar surface area (TPSA) is 38.3 Å². The third-order valence-electron chi connectivity index (χ3n) is 2.46. The maximum Gasteiger partial charge on any atom is 0.332 e. The normalized spacial score (nSPS) is 11.1. The van der Waals surface area contributed by atoms with Crippen LogP contribution in [0.1, 0.15) is 32.3 Å². The summed E-state index contributed by atoms with van der Waals surface area (Å²) in [7, 11) is 0. The number of hydrogen-bond donors (Lipinski definition) is 1. The van der Waals surface area contributed by atoms with Gasteiger partial charge in [0.2, 0.25) is 0 Å². The summed E-state index contributed by atoms with van der Waals surface area (Å²) in [4.78, 5) is 11.4. The maximum absolute atomic E-state index is 11.4. The van der Waals surface area contributed by atoms with Crippen LogP contribution >= 0.6 is 0 Å². The first-order valence-electron chi connectivity index (χ1n) is 6.41. The first-order valence-corrected chi connectivity index (χ1v) is 6.41. The van der Waals surface area contributed by atoms with E-state index in [9.17, 15) is 4.79 Å². The first kappa shape index (κ1) is 14.3. The van der Waals surface area contributed by atoms with E-state index in [-0.39, 0.29) is 5.97 Å². The Balaban J connectivity index is 2.55. The molecule has 0 radical (unpaired) electrons. The fourth-order valence-electron chi connectivity index (χ4n) is 1.62. The second-order valence-electron chi connectivity index (χ2n) is 4.01. The van der Waals surface area contributed by atoms with Gasteiger partial charge < -0.3 is 10.1 Å². The number of allylic oxidation sites excluding steroid dienone is 1. The van der Waals surface area contributed by atoms with Crippen LogP contribution in [0.25, 0.3) is 0 Å². The average Bonchev–Trinajstić information content (AvgIpc) is 2.38. The van der Waals surface area contributed by atoms with Gasteiger partial charge in [0, 0.05) is 18.3 Å². The Morgan fingerprint density at radius 3 is 2.61 bits per heavy atom. The Morgan fingerprint density at radius 2 is 2.00 bits per heavy atom. The molecule has 3 heteroatoms. The lowest BCUT2D eigenvalue weighted by molar-refractivity contribution is -0.137. The van der Waals surface area contributed by atoms with E-state index in [1.165, 1.54) is 5.56 Å². The van der Waals surface area contributed by atoms with Crippen LogP contribution in [-0.4, -0.2) is 12.6 Å². The molecule has 0 bridgehead atoms. The summed E-state index contributed by atoms with van der Waals surface area (Å²) in [6, 6.07) is 10.1. The van der Waals surface area contributed by atoms with Gasteiger partial charge >= 0.3 is 5.97 Å². The number of rotatable bonds is 7. The maximum atomic E-state index is 11.4. The second-order valence-corrected chi connectivity index (χ2v) is 4.01. The number of hydrogen-bond acceptors (Lipinski definition) is 3. The zero-order valence-corrected chi connectivity index (χ0v) is 11.1. The highest BCUT2D eigenvalue weighted by Gasteiger charge is 2.02. The molecule has 1 N–H and O–H groups in total. The lowest BCUT2D eigenvalue weighted by Crippen LogP contribution is -2.15. The van der Waals surface area contributed by atoms with Crippen molar-refractivity contribution in [3.05, 3.63) is 47.7 Å². The van der Waals surface area contributed by atoms with Gasteiger partial charge in [0.05, 0.1) is 6.61 Å². The van der Waals surface area contributed by atoms with Crippen LogP contribution in [0.5, 0.6) is 0 Å². The molecule has 0 saturated heterocycles. The van der Waals surface area contributed by atoms with Crippen LogP contribution in [0, 0.1) is 0 Å². The first-order chi connectivity index (χ1) is 8.76. The molecule has 0 unspecified atom stereocenters. The van der Waals surface area contributed by atoms with E-state index >= 15 is 0 Å². The van der Waals surface area contributed by atoms with Crippen LogP contribution in [-0.2, 0) is 16.1 Å². The van der Waals surface area contributed by atoms with Gasteiger partial charge in [0.1, 0.15) is 0 Å². The molecule has 0 amide bonds. The van der Waals surface area contributed by atoms with Crippen molar-refractivity contribution in [1.29, 1.82) is 0 Å². The fourth-order valence-corrected chi connectivity index (χ4v) is 1.62. The highest BCUT2D eigenvalue weighted by atomic mass is 16.5. The monoisotopic (exact) mass is 247 g/mol. The summed E-state index contributed by atoms with van der Waals surface area (Å²) in [5, 5.41) is 3.29. The molecular weight excluding hydrogens is 226 g/mol. The van der Waals surface area contributed by atoms with E-state index in [4.69, 9.17) is 4.74 Å². The van der Waals surface area contributed by atoms with Gasteiger partial charge in [0.15, 0.2) is 0 Å². The Labute approximate surface area is 109 Å². The molecule has 0 heterocycles. The summed E-state index contributed by atoms with van der Waals surface area (Å²) in [6.07, 6.45) is 3.40. The summed E-state index contributed by atoms with van der Waals surface area (Å²) >= 11 is 0. The fraction of sp³-hybridized carbons (Fsp3) is 0.400. The lowest BCUT2D eigenvalue weighted by atomic mass is 10.2. The Hall–Kier alpha value is -1.77. The highest BCUT2D eigenvalue weighted by Crippen LogP contribution is 2.05. The van der Waals surface area contributed by atoms with Gasteiger partial charge in [-0.1, -0.05) is 43.7 Å². The van der Waals surface area contributed by atoms with Crippen LogP contribution in [0.3, 0.4) is 0 Å². The number of ether oxygens (including phenoxy) is 1. The molecule has 1 rings (SSSR count). The summed E-state index contributed by atoms with van der Waals surface area (Å²) in [6.45, 7) is 5.03. The van der Waals surface area contributed by atoms with E-state index in [1.54, 1.807) is 6.08 Å². The smallest absolute Gasteiger partial charge is 0.332 e. The number of carbonyl (C=O) groups excluding carboxylic acids is 1. The Bertz CT molecular complexity index is 385. The largest absolute Gasteiger partial charge is 0.463 e. The van der Waals surface area contributed by atoms with Gasteiger partial charge in [-0.2, -0.15) is 0 Å². The van der Waals surface area contributed by atoms with Crippen molar-refractivity contribution in [2.45, 2.75) is 33.2 Å². The van der Waals surface area contributed by atoms with Crippen LogP contribution < -0.4 is 5.32 Å². The van der Waals surface area contributed by atoms with E-state index in [2.05, 4.69) is 24.4 Å². The molecule has 18 heavy (non-hydrogen) atoms. The van der Waals surface area contributed by atoms with Gasteiger partial charge in [-0.3, -0.25) is 0 Å². The number of esters is 1. The molecule has 0 aliphatic carbocycles. The minimum absolute atomic E-state index is 0.276. The molecule has 3 nitrogen and oxygen atoms in total. The molecule has 1 aromatic carbocycles. The molecule has 0 saturated carbocycles. The average molecular weight is 247 g/mol. The third-order valence-corrected chi connectivity index (χ3v) is 2.46. The van der Waals surface area contributed by atoms with Crippen molar-refractivity contribution < 1.29 is 9.53 Å². The Kier molecular flexibility index (Phi) is 6.62. The number of nitrogens with one attached hydrogen (secondary N) is 1. The molecule has 0 spiro atoms. The van der Waals surface area contributed by atoms with Crippen molar-refractivity contribution in [2.24, 2.45) is 0 Å². The van der Waals surface area contributed by atoms with E-state index in [0.717, 1.165) is 25.1 Å². The molecular formula is C15H21NO2. The zero-order chi connectivity index (χ0) is 13.2. The molecule has 0 atom stereocenters. The van der Waals surface area contributed by atoms with Gasteiger partial charge in [-0.25, -0.2) is 4.79 Å². The molecule has 1 aromatic rings. The minimum atomic E-state index is -0.276. The second kappa shape index (κ2) is 8.34. The van der Waals surface area contributed by atoms with E-state index in [1.807, 2.05) is 25.1 Å².